The largest absolute Gasteiger partial charge is 0.371 e. The first-order valence-corrected chi connectivity index (χ1v) is 8.46. The predicted octanol–water partition coefficient (Wildman–Crippen LogP) is 5.04. The molecule has 2 heterocycles. The van der Waals surface area contributed by atoms with Crippen LogP contribution in [-0.4, -0.2) is 23.9 Å². The molecule has 0 bridgehead atoms. The summed E-state index contributed by atoms with van der Waals surface area (Å²) in [6.45, 7) is 11.7. The Kier molecular flexibility index (Phi) is 4.31. The molecule has 1 N–H and O–H groups in total. The number of likely N-dealkylation sites (tertiary alicyclic amines) is 1. The zero-order chi connectivity index (χ0) is 18.2. The van der Waals surface area contributed by atoms with Crippen molar-refractivity contribution in [3.05, 3.63) is 72.6 Å². The Morgan fingerprint density at radius 2 is 1.96 bits per heavy atom. The van der Waals surface area contributed by atoms with Crippen LogP contribution in [-0.2, 0) is 0 Å². The zero-order valence-corrected chi connectivity index (χ0v) is 14.8. The average Bonchev–Trinajstić information content (AvgIpc) is 2.98. The molecule has 0 radical (unpaired) electrons. The highest BCUT2D eigenvalue weighted by molar-refractivity contribution is 5.81. The lowest BCUT2D eigenvalue weighted by molar-refractivity contribution is -0.0899. The van der Waals surface area contributed by atoms with Crippen LogP contribution in [0.3, 0.4) is 0 Å². The van der Waals surface area contributed by atoms with Crippen molar-refractivity contribution in [1.82, 2.24) is 10.2 Å². The van der Waals surface area contributed by atoms with Gasteiger partial charge in [0.25, 0.3) is 5.92 Å². The zero-order valence-electron chi connectivity index (χ0n) is 14.8. The Bertz CT molecular complexity index is 753. The Morgan fingerprint density at radius 3 is 2.52 bits per heavy atom. The SMILES string of the molecule is C=C1NC=CC=C1c1ccc(C(=C)N2CCC(C)(C(C)(F)F)C2)cc1. The van der Waals surface area contributed by atoms with Gasteiger partial charge in [0.05, 0.1) is 5.41 Å². The number of nitrogens with one attached hydrogen (secondary N) is 1. The van der Waals surface area contributed by atoms with E-state index < -0.39 is 11.3 Å². The van der Waals surface area contributed by atoms with Crippen molar-refractivity contribution in [2.45, 2.75) is 26.2 Å². The molecule has 0 saturated carbocycles. The number of nitrogens with zero attached hydrogens (tertiary/aromatic N) is 1. The van der Waals surface area contributed by atoms with Crippen LogP contribution in [0.15, 0.2) is 61.5 Å². The van der Waals surface area contributed by atoms with Gasteiger partial charge in [0.1, 0.15) is 0 Å². The first-order valence-electron chi connectivity index (χ1n) is 8.46. The molecule has 0 amide bonds. The lowest BCUT2D eigenvalue weighted by Crippen LogP contribution is -2.38. The van der Waals surface area contributed by atoms with Gasteiger partial charge in [0, 0.05) is 36.3 Å². The average molecular weight is 342 g/mol. The van der Waals surface area contributed by atoms with Crippen molar-refractivity contribution in [3.8, 4) is 0 Å². The second-order valence-corrected chi connectivity index (χ2v) is 7.21. The maximum Gasteiger partial charge on any atom is 0.252 e. The highest BCUT2D eigenvalue weighted by Gasteiger charge is 2.50. The molecule has 1 aromatic rings. The summed E-state index contributed by atoms with van der Waals surface area (Å²) in [4.78, 5) is 1.97. The van der Waals surface area contributed by atoms with E-state index in [-0.39, 0.29) is 0 Å². The first-order chi connectivity index (χ1) is 11.7. The monoisotopic (exact) mass is 342 g/mol. The van der Waals surface area contributed by atoms with Crippen LogP contribution >= 0.6 is 0 Å². The molecule has 2 aliphatic rings. The van der Waals surface area contributed by atoms with Gasteiger partial charge in [-0.15, -0.1) is 0 Å². The van der Waals surface area contributed by atoms with Gasteiger partial charge in [0.2, 0.25) is 0 Å². The Labute approximate surface area is 148 Å². The number of benzene rings is 1. The third kappa shape index (κ3) is 3.26. The van der Waals surface area contributed by atoms with Crippen LogP contribution in [0.1, 0.15) is 31.4 Å². The van der Waals surface area contributed by atoms with Crippen molar-refractivity contribution in [3.63, 3.8) is 0 Å². The summed E-state index contributed by atoms with van der Waals surface area (Å²) in [5.74, 6) is -2.69. The number of dihydropyridines is 1. The van der Waals surface area contributed by atoms with Gasteiger partial charge in [-0.1, -0.05) is 50.4 Å². The Hall–Kier alpha value is -2.36. The fourth-order valence-electron chi connectivity index (χ4n) is 3.32. The quantitative estimate of drug-likeness (QED) is 0.825. The number of hydrogen-bond donors (Lipinski definition) is 1. The summed E-state index contributed by atoms with van der Waals surface area (Å²) in [7, 11) is 0. The number of halogens is 2. The molecule has 3 rings (SSSR count). The van der Waals surface area contributed by atoms with Gasteiger partial charge in [-0.3, -0.25) is 0 Å². The molecule has 0 spiro atoms. The first kappa shape index (κ1) is 17.5. The molecule has 2 aliphatic heterocycles. The van der Waals surface area contributed by atoms with Gasteiger partial charge in [0.15, 0.2) is 0 Å². The fraction of sp³-hybridized carbons (Fsp3) is 0.333. The molecule has 1 saturated heterocycles. The van der Waals surface area contributed by atoms with Crippen molar-refractivity contribution < 1.29 is 8.78 Å². The van der Waals surface area contributed by atoms with Crippen LogP contribution < -0.4 is 5.32 Å². The van der Waals surface area contributed by atoms with E-state index in [4.69, 9.17) is 0 Å². The van der Waals surface area contributed by atoms with Gasteiger partial charge in [-0.25, -0.2) is 8.78 Å². The standard InChI is InChI=1S/C21H24F2N2/c1-15-19(6-5-12-24-15)18-9-7-17(8-10-18)16(2)25-13-11-20(3,14-25)21(4,22)23/h5-10,12,24H,1-2,11,13-14H2,3-4H3. The van der Waals surface area contributed by atoms with Crippen molar-refractivity contribution in [2.75, 3.05) is 13.1 Å². The second kappa shape index (κ2) is 6.17. The van der Waals surface area contributed by atoms with E-state index in [1.165, 1.54) is 0 Å². The van der Waals surface area contributed by atoms with E-state index >= 15 is 0 Å². The van der Waals surface area contributed by atoms with Crippen LogP contribution in [0.25, 0.3) is 11.3 Å². The van der Waals surface area contributed by atoms with E-state index in [9.17, 15) is 8.78 Å². The van der Waals surface area contributed by atoms with E-state index in [0.29, 0.717) is 19.5 Å². The molecule has 25 heavy (non-hydrogen) atoms. The molecule has 2 nitrogen and oxygen atoms in total. The maximum atomic E-state index is 13.9. The topological polar surface area (TPSA) is 15.3 Å². The summed E-state index contributed by atoms with van der Waals surface area (Å²) in [6, 6.07) is 8.01. The normalized spacial score (nSPS) is 23.4. The van der Waals surface area contributed by atoms with E-state index in [1.54, 1.807) is 6.92 Å². The maximum absolute atomic E-state index is 13.9. The molecular formula is C21H24F2N2. The van der Waals surface area contributed by atoms with Crippen molar-refractivity contribution in [1.29, 1.82) is 0 Å². The molecule has 1 atom stereocenters. The minimum absolute atomic E-state index is 0.327. The lowest BCUT2D eigenvalue weighted by atomic mass is 9.83. The van der Waals surface area contributed by atoms with E-state index in [2.05, 4.69) is 18.5 Å². The van der Waals surface area contributed by atoms with E-state index in [0.717, 1.165) is 35.0 Å². The Balaban J connectivity index is 1.75. The highest BCUT2D eigenvalue weighted by atomic mass is 19.3. The molecule has 0 aromatic heterocycles. The predicted molar refractivity (Wildman–Crippen MR) is 99.8 cm³/mol. The fourth-order valence-corrected chi connectivity index (χ4v) is 3.32. The smallest absolute Gasteiger partial charge is 0.252 e. The second-order valence-electron chi connectivity index (χ2n) is 7.21. The van der Waals surface area contributed by atoms with Crippen LogP contribution in [0.5, 0.6) is 0 Å². The number of allylic oxidation sites excluding steroid dienone is 3. The Morgan fingerprint density at radius 1 is 1.28 bits per heavy atom. The molecular weight excluding hydrogens is 318 g/mol. The minimum Gasteiger partial charge on any atom is -0.371 e. The summed E-state index contributed by atoms with van der Waals surface area (Å²) in [5, 5.41) is 3.10. The minimum atomic E-state index is -2.69. The van der Waals surface area contributed by atoms with Crippen LogP contribution in [0.4, 0.5) is 8.78 Å². The molecule has 132 valence electrons. The van der Waals surface area contributed by atoms with Gasteiger partial charge in [-0.2, -0.15) is 0 Å². The number of hydrogen-bond acceptors (Lipinski definition) is 2. The third-order valence-electron chi connectivity index (χ3n) is 5.39. The number of alkyl halides is 2. The van der Waals surface area contributed by atoms with E-state index in [1.807, 2.05) is 47.5 Å². The molecule has 0 aliphatic carbocycles. The summed E-state index contributed by atoms with van der Waals surface area (Å²) < 4.78 is 27.7. The lowest BCUT2D eigenvalue weighted by Gasteiger charge is -2.31. The van der Waals surface area contributed by atoms with Crippen LogP contribution in [0.2, 0.25) is 0 Å². The van der Waals surface area contributed by atoms with Crippen molar-refractivity contribution in [2.24, 2.45) is 5.41 Å². The molecule has 1 unspecified atom stereocenters. The number of rotatable bonds is 4. The molecule has 1 fully saturated rings. The summed E-state index contributed by atoms with van der Waals surface area (Å²) in [5.41, 5.74) is 3.71. The van der Waals surface area contributed by atoms with Gasteiger partial charge >= 0.3 is 0 Å². The molecule has 4 heteroatoms. The highest BCUT2D eigenvalue weighted by Crippen LogP contribution is 2.45. The summed E-state index contributed by atoms with van der Waals surface area (Å²) in [6.07, 6.45) is 6.26. The third-order valence-corrected chi connectivity index (χ3v) is 5.39. The van der Waals surface area contributed by atoms with Crippen LogP contribution in [0, 0.1) is 5.41 Å². The van der Waals surface area contributed by atoms with Gasteiger partial charge in [-0.05, 0) is 30.5 Å². The van der Waals surface area contributed by atoms with Crippen molar-refractivity contribution >= 4 is 11.3 Å². The summed E-state index contributed by atoms with van der Waals surface area (Å²) >= 11 is 0. The van der Waals surface area contributed by atoms with Gasteiger partial charge < -0.3 is 10.2 Å². The molecule has 1 aromatic carbocycles.